The smallest absolute Gasteiger partial charge is 0.0155 e. The first-order valence-corrected chi connectivity index (χ1v) is 6.01. The minimum atomic E-state index is 0.276. The summed E-state index contributed by atoms with van der Waals surface area (Å²) in [5, 5.41) is 3.49. The van der Waals surface area contributed by atoms with Crippen molar-refractivity contribution in [2.75, 3.05) is 7.05 Å². The second kappa shape index (κ2) is 3.84. The molecular formula is C13H27N. The van der Waals surface area contributed by atoms with Crippen LogP contribution >= 0.6 is 0 Å². The number of hydrogen-bond donors (Lipinski definition) is 1. The van der Waals surface area contributed by atoms with Gasteiger partial charge in [-0.05, 0) is 50.5 Å². The molecule has 1 saturated carbocycles. The molecule has 0 heterocycles. The van der Waals surface area contributed by atoms with Crippen LogP contribution in [-0.2, 0) is 0 Å². The van der Waals surface area contributed by atoms with Crippen LogP contribution in [0.3, 0.4) is 0 Å². The fraction of sp³-hybridized carbons (Fsp3) is 1.00. The average molecular weight is 197 g/mol. The molecule has 0 amide bonds. The molecule has 1 fully saturated rings. The Kier molecular flexibility index (Phi) is 3.30. The Morgan fingerprint density at radius 1 is 0.786 bits per heavy atom. The zero-order chi connectivity index (χ0) is 11.1. The summed E-state index contributed by atoms with van der Waals surface area (Å²) in [6.07, 6.45) is 0. The Morgan fingerprint density at radius 3 is 1.43 bits per heavy atom. The molecule has 1 nitrogen and oxygen atoms in total. The largest absolute Gasteiger partial charge is 0.315 e. The number of rotatable bonds is 2. The molecule has 1 N–H and O–H groups in total. The van der Waals surface area contributed by atoms with Gasteiger partial charge in [-0.15, -0.1) is 0 Å². The van der Waals surface area contributed by atoms with Crippen molar-refractivity contribution in [3.8, 4) is 0 Å². The minimum Gasteiger partial charge on any atom is -0.315 e. The van der Waals surface area contributed by atoms with Crippen molar-refractivity contribution < 1.29 is 0 Å². The highest BCUT2D eigenvalue weighted by atomic mass is 14.9. The molecule has 0 saturated heterocycles. The first-order chi connectivity index (χ1) is 6.33. The van der Waals surface area contributed by atoms with E-state index in [4.69, 9.17) is 0 Å². The highest BCUT2D eigenvalue weighted by Gasteiger charge is 2.47. The Labute approximate surface area is 89.7 Å². The van der Waals surface area contributed by atoms with Gasteiger partial charge >= 0.3 is 0 Å². The van der Waals surface area contributed by atoms with Gasteiger partial charge < -0.3 is 5.32 Å². The average Bonchev–Trinajstić information content (AvgIpc) is 2.31. The van der Waals surface area contributed by atoms with E-state index in [1.165, 1.54) is 0 Å². The zero-order valence-electron chi connectivity index (χ0n) is 10.9. The fourth-order valence-corrected chi connectivity index (χ4v) is 3.57. The molecule has 0 spiro atoms. The minimum absolute atomic E-state index is 0.276. The summed E-state index contributed by atoms with van der Waals surface area (Å²) in [5.74, 6) is 4.20. The van der Waals surface area contributed by atoms with Gasteiger partial charge in [0.05, 0.1) is 0 Å². The zero-order valence-corrected chi connectivity index (χ0v) is 10.9. The first kappa shape index (κ1) is 12.0. The van der Waals surface area contributed by atoms with Gasteiger partial charge in [0.15, 0.2) is 0 Å². The van der Waals surface area contributed by atoms with Gasteiger partial charge in [0.1, 0.15) is 0 Å². The van der Waals surface area contributed by atoms with Crippen LogP contribution in [0.1, 0.15) is 41.5 Å². The molecule has 1 aliphatic carbocycles. The molecule has 1 rings (SSSR count). The van der Waals surface area contributed by atoms with Crippen molar-refractivity contribution in [3.05, 3.63) is 0 Å². The predicted octanol–water partition coefficient (Wildman–Crippen LogP) is 3.16. The van der Waals surface area contributed by atoms with E-state index in [-0.39, 0.29) is 5.54 Å². The maximum Gasteiger partial charge on any atom is 0.0155 e. The summed E-state index contributed by atoms with van der Waals surface area (Å²) in [6, 6.07) is 0. The van der Waals surface area contributed by atoms with E-state index in [0.29, 0.717) is 0 Å². The van der Waals surface area contributed by atoms with Crippen LogP contribution in [0.2, 0.25) is 0 Å². The monoisotopic (exact) mass is 197 g/mol. The van der Waals surface area contributed by atoms with E-state index in [0.717, 1.165) is 29.6 Å². The van der Waals surface area contributed by atoms with Gasteiger partial charge in [0.25, 0.3) is 0 Å². The summed E-state index contributed by atoms with van der Waals surface area (Å²) < 4.78 is 0. The van der Waals surface area contributed by atoms with Crippen molar-refractivity contribution in [2.45, 2.75) is 47.1 Å². The normalized spacial score (nSPS) is 44.4. The van der Waals surface area contributed by atoms with Crippen molar-refractivity contribution >= 4 is 0 Å². The van der Waals surface area contributed by atoms with E-state index in [1.54, 1.807) is 0 Å². The molecule has 0 aromatic carbocycles. The van der Waals surface area contributed by atoms with Crippen LogP contribution in [0, 0.1) is 29.6 Å². The van der Waals surface area contributed by atoms with Crippen molar-refractivity contribution in [1.82, 2.24) is 5.32 Å². The van der Waals surface area contributed by atoms with Crippen LogP contribution in [0.5, 0.6) is 0 Å². The summed E-state index contributed by atoms with van der Waals surface area (Å²) in [4.78, 5) is 0. The van der Waals surface area contributed by atoms with Crippen molar-refractivity contribution in [1.29, 1.82) is 0 Å². The van der Waals surface area contributed by atoms with Gasteiger partial charge in [-0.3, -0.25) is 0 Å². The third-order valence-corrected chi connectivity index (χ3v) is 5.10. The second-order valence-corrected chi connectivity index (χ2v) is 5.93. The lowest BCUT2D eigenvalue weighted by atomic mass is 9.75. The highest BCUT2D eigenvalue weighted by molar-refractivity contribution is 4.99. The number of nitrogens with one attached hydrogen (secondary N) is 1. The van der Waals surface area contributed by atoms with Crippen LogP contribution in [0.4, 0.5) is 0 Å². The summed E-state index contributed by atoms with van der Waals surface area (Å²) in [6.45, 7) is 14.4. The second-order valence-electron chi connectivity index (χ2n) is 5.93. The lowest BCUT2D eigenvalue weighted by Gasteiger charge is -2.38. The van der Waals surface area contributed by atoms with E-state index in [2.05, 4.69) is 53.9 Å². The van der Waals surface area contributed by atoms with Gasteiger partial charge in [0, 0.05) is 5.54 Å². The van der Waals surface area contributed by atoms with E-state index in [1.807, 2.05) is 0 Å². The van der Waals surface area contributed by atoms with Crippen LogP contribution in [0.15, 0.2) is 0 Å². The summed E-state index contributed by atoms with van der Waals surface area (Å²) in [5.41, 5.74) is 0.276. The van der Waals surface area contributed by atoms with Gasteiger partial charge in [-0.25, -0.2) is 0 Å². The van der Waals surface area contributed by atoms with Gasteiger partial charge in [-0.2, -0.15) is 0 Å². The summed E-state index contributed by atoms with van der Waals surface area (Å²) >= 11 is 0. The summed E-state index contributed by atoms with van der Waals surface area (Å²) in [7, 11) is 2.09. The molecule has 0 aromatic rings. The molecule has 4 atom stereocenters. The molecule has 1 aliphatic rings. The lowest BCUT2D eigenvalue weighted by Crippen LogP contribution is -2.47. The Hall–Kier alpha value is -0.0400. The quantitative estimate of drug-likeness (QED) is 0.717. The molecule has 1 heteroatoms. The molecule has 84 valence electrons. The van der Waals surface area contributed by atoms with Crippen molar-refractivity contribution in [3.63, 3.8) is 0 Å². The first-order valence-electron chi connectivity index (χ1n) is 6.01. The van der Waals surface area contributed by atoms with Gasteiger partial charge in [0.2, 0.25) is 0 Å². The van der Waals surface area contributed by atoms with E-state index < -0.39 is 0 Å². The standard InChI is InChI=1S/C13H27N/c1-8-9(2)11(4)12(10(8)3)13(5,6)14-7/h8-12,14H,1-7H3. The topological polar surface area (TPSA) is 12.0 Å². The Morgan fingerprint density at radius 2 is 1.14 bits per heavy atom. The molecule has 4 unspecified atom stereocenters. The van der Waals surface area contributed by atoms with E-state index in [9.17, 15) is 0 Å². The third kappa shape index (κ3) is 1.71. The molecule has 0 aliphatic heterocycles. The fourth-order valence-electron chi connectivity index (χ4n) is 3.57. The highest BCUT2D eigenvalue weighted by Crippen LogP contribution is 2.49. The van der Waals surface area contributed by atoms with E-state index >= 15 is 0 Å². The Bertz CT molecular complexity index is 183. The van der Waals surface area contributed by atoms with Crippen LogP contribution < -0.4 is 5.32 Å². The SMILES string of the molecule is CNC(C)(C)C1C(C)C(C)C(C)C1C. The molecule has 0 aromatic heterocycles. The van der Waals surface area contributed by atoms with Crippen LogP contribution in [0.25, 0.3) is 0 Å². The predicted molar refractivity (Wildman–Crippen MR) is 63.3 cm³/mol. The molecular weight excluding hydrogens is 170 g/mol. The van der Waals surface area contributed by atoms with Crippen LogP contribution in [-0.4, -0.2) is 12.6 Å². The maximum atomic E-state index is 3.49. The molecule has 14 heavy (non-hydrogen) atoms. The molecule has 0 bridgehead atoms. The molecule has 0 radical (unpaired) electrons. The lowest BCUT2D eigenvalue weighted by molar-refractivity contribution is 0.169. The number of hydrogen-bond acceptors (Lipinski definition) is 1. The van der Waals surface area contributed by atoms with Gasteiger partial charge in [-0.1, -0.05) is 27.7 Å². The maximum absolute atomic E-state index is 3.49. The van der Waals surface area contributed by atoms with Crippen molar-refractivity contribution in [2.24, 2.45) is 29.6 Å². The Balaban J connectivity index is 2.89. The third-order valence-electron chi connectivity index (χ3n) is 5.10.